The van der Waals surface area contributed by atoms with E-state index in [-0.39, 0.29) is 25.2 Å². The van der Waals surface area contributed by atoms with Crippen LogP contribution in [0.2, 0.25) is 5.02 Å². The predicted octanol–water partition coefficient (Wildman–Crippen LogP) is 4.36. The SMILES string of the molecule is CCOC(=O)CNC(=O)N1Cc2c(sc3c2CCN(C)C3)-n2cccc2C1c1ccc(Cl)cc1. The highest BCUT2D eigenvalue weighted by Crippen LogP contribution is 2.43. The fourth-order valence-corrected chi connectivity index (χ4v) is 6.38. The monoisotopic (exact) mass is 498 g/mol. The molecule has 1 atom stereocenters. The zero-order valence-electron chi connectivity index (χ0n) is 19.2. The average Bonchev–Trinajstić information content (AvgIpc) is 3.40. The number of ether oxygens (including phenoxy) is 1. The third-order valence-electron chi connectivity index (χ3n) is 6.39. The Hall–Kier alpha value is -2.81. The molecule has 0 fully saturated rings. The molecule has 0 saturated heterocycles. The lowest BCUT2D eigenvalue weighted by Crippen LogP contribution is -2.44. The summed E-state index contributed by atoms with van der Waals surface area (Å²) in [7, 11) is 2.14. The van der Waals surface area contributed by atoms with Gasteiger partial charge in [-0.05, 0) is 55.8 Å². The van der Waals surface area contributed by atoms with Gasteiger partial charge in [0, 0.05) is 34.7 Å². The van der Waals surface area contributed by atoms with E-state index in [0.717, 1.165) is 30.8 Å². The molecule has 178 valence electrons. The van der Waals surface area contributed by atoms with E-state index in [1.165, 1.54) is 21.0 Å². The van der Waals surface area contributed by atoms with Crippen LogP contribution in [0.25, 0.3) is 5.00 Å². The Labute approximate surface area is 207 Å². The lowest BCUT2D eigenvalue weighted by Gasteiger charge is -2.31. The van der Waals surface area contributed by atoms with E-state index in [0.29, 0.717) is 11.6 Å². The molecule has 1 N–H and O–H groups in total. The summed E-state index contributed by atoms with van der Waals surface area (Å²) in [5, 5.41) is 4.59. The van der Waals surface area contributed by atoms with Gasteiger partial charge in [0.2, 0.25) is 0 Å². The van der Waals surface area contributed by atoms with E-state index in [2.05, 4.69) is 34.1 Å². The molecule has 0 spiro atoms. The molecule has 0 saturated carbocycles. The van der Waals surface area contributed by atoms with Crippen LogP contribution >= 0.6 is 22.9 Å². The Bertz CT molecular complexity index is 1220. The number of carbonyl (C=O) groups is 2. The van der Waals surface area contributed by atoms with Gasteiger partial charge in [-0.3, -0.25) is 4.79 Å². The fraction of sp³-hybridized carbons (Fsp3) is 0.360. The molecule has 2 aromatic heterocycles. The fourth-order valence-electron chi connectivity index (χ4n) is 4.81. The normalized spacial score (nSPS) is 17.4. The quantitative estimate of drug-likeness (QED) is 0.543. The van der Waals surface area contributed by atoms with Crippen LogP contribution in [0.4, 0.5) is 4.79 Å². The largest absolute Gasteiger partial charge is 0.465 e. The number of hydrogen-bond donors (Lipinski definition) is 1. The van der Waals surface area contributed by atoms with E-state index in [4.69, 9.17) is 16.3 Å². The van der Waals surface area contributed by atoms with Crippen molar-refractivity contribution >= 4 is 34.9 Å². The number of halogens is 1. The number of urea groups is 1. The molecule has 9 heteroatoms. The predicted molar refractivity (Wildman–Crippen MR) is 133 cm³/mol. The maximum absolute atomic E-state index is 13.6. The van der Waals surface area contributed by atoms with Gasteiger partial charge in [-0.15, -0.1) is 11.3 Å². The van der Waals surface area contributed by atoms with Crippen molar-refractivity contribution in [3.8, 4) is 5.00 Å². The lowest BCUT2D eigenvalue weighted by atomic mass is 10.0. The van der Waals surface area contributed by atoms with Gasteiger partial charge in [0.15, 0.2) is 0 Å². The van der Waals surface area contributed by atoms with Gasteiger partial charge >= 0.3 is 12.0 Å². The third kappa shape index (κ3) is 4.21. The van der Waals surface area contributed by atoms with E-state index in [1.54, 1.807) is 6.92 Å². The highest BCUT2D eigenvalue weighted by atomic mass is 35.5. The highest BCUT2D eigenvalue weighted by Gasteiger charge is 2.36. The van der Waals surface area contributed by atoms with E-state index < -0.39 is 5.97 Å². The molecule has 0 aliphatic carbocycles. The molecule has 34 heavy (non-hydrogen) atoms. The number of rotatable bonds is 4. The second-order valence-corrected chi connectivity index (χ2v) is 10.1. The summed E-state index contributed by atoms with van der Waals surface area (Å²) in [6.45, 7) is 4.21. The molecule has 3 aromatic rings. The third-order valence-corrected chi connectivity index (χ3v) is 7.90. The number of thiophene rings is 1. The first-order valence-electron chi connectivity index (χ1n) is 11.4. The standard InChI is InChI=1S/C25H27ClN4O3S/c1-3-33-22(31)13-27-25(32)30-14-19-18-10-12-28(2)15-21(18)34-24(19)29-11-4-5-20(29)23(30)16-6-8-17(26)9-7-16/h4-9,11,23H,3,10,12-15H2,1-2H3,(H,27,32). The number of nitrogens with zero attached hydrogens (tertiary/aromatic N) is 3. The Morgan fingerprint density at radius 3 is 2.74 bits per heavy atom. The molecular formula is C25H27ClN4O3S. The molecular weight excluding hydrogens is 472 g/mol. The molecule has 7 nitrogen and oxygen atoms in total. The van der Waals surface area contributed by atoms with Crippen LogP contribution in [-0.2, 0) is 29.0 Å². The number of likely N-dealkylation sites (N-methyl/N-ethyl adjacent to an activating group) is 1. The Morgan fingerprint density at radius 1 is 1.18 bits per heavy atom. The van der Waals surface area contributed by atoms with Crippen molar-refractivity contribution < 1.29 is 14.3 Å². The van der Waals surface area contributed by atoms with Crippen LogP contribution in [0, 0.1) is 0 Å². The maximum Gasteiger partial charge on any atom is 0.325 e. The molecule has 0 radical (unpaired) electrons. The first-order valence-corrected chi connectivity index (χ1v) is 12.6. The smallest absolute Gasteiger partial charge is 0.325 e. The summed E-state index contributed by atoms with van der Waals surface area (Å²) in [5.74, 6) is -0.450. The van der Waals surface area contributed by atoms with Gasteiger partial charge in [-0.1, -0.05) is 23.7 Å². The van der Waals surface area contributed by atoms with E-state index in [1.807, 2.05) is 46.6 Å². The van der Waals surface area contributed by atoms with Crippen LogP contribution < -0.4 is 5.32 Å². The summed E-state index contributed by atoms with van der Waals surface area (Å²) in [4.78, 5) is 31.0. The van der Waals surface area contributed by atoms with Crippen LogP contribution in [0.1, 0.15) is 40.2 Å². The van der Waals surface area contributed by atoms with Crippen LogP contribution in [0.5, 0.6) is 0 Å². The first-order chi connectivity index (χ1) is 16.5. The molecule has 0 bridgehead atoms. The minimum Gasteiger partial charge on any atom is -0.465 e. The summed E-state index contributed by atoms with van der Waals surface area (Å²) >= 11 is 7.98. The van der Waals surface area contributed by atoms with Crippen LogP contribution in [-0.4, -0.2) is 53.1 Å². The zero-order valence-corrected chi connectivity index (χ0v) is 20.8. The second-order valence-electron chi connectivity index (χ2n) is 8.62. The topological polar surface area (TPSA) is 66.8 Å². The molecule has 2 aliphatic heterocycles. The van der Waals surface area contributed by atoms with E-state index in [9.17, 15) is 9.59 Å². The number of esters is 1. The Kier molecular flexibility index (Phi) is 6.38. The summed E-state index contributed by atoms with van der Waals surface area (Å²) in [6.07, 6.45) is 3.03. The molecule has 2 aliphatic rings. The minimum absolute atomic E-state index is 0.170. The average molecular weight is 499 g/mol. The summed E-state index contributed by atoms with van der Waals surface area (Å²) in [6, 6.07) is 11.0. The van der Waals surface area contributed by atoms with Crippen molar-refractivity contribution in [1.82, 2.24) is 19.7 Å². The molecule has 1 unspecified atom stereocenters. The number of hydrogen-bond acceptors (Lipinski definition) is 5. The van der Waals surface area contributed by atoms with Crippen molar-refractivity contribution in [2.24, 2.45) is 0 Å². The van der Waals surface area contributed by atoms with Gasteiger partial charge in [0.05, 0.1) is 24.9 Å². The molecule has 5 rings (SSSR count). The van der Waals surface area contributed by atoms with Crippen molar-refractivity contribution in [1.29, 1.82) is 0 Å². The van der Waals surface area contributed by atoms with Gasteiger partial charge < -0.3 is 24.4 Å². The minimum atomic E-state index is -0.450. The number of nitrogens with one attached hydrogen (secondary N) is 1. The Balaban J connectivity index is 1.59. The number of carbonyl (C=O) groups excluding carboxylic acids is 2. The number of fused-ring (bicyclic) bond motifs is 5. The van der Waals surface area contributed by atoms with Gasteiger partial charge in [0.25, 0.3) is 0 Å². The van der Waals surface area contributed by atoms with Gasteiger partial charge in [-0.2, -0.15) is 0 Å². The molecule has 4 heterocycles. The molecule has 1 aromatic carbocycles. The maximum atomic E-state index is 13.6. The number of aromatic nitrogens is 1. The van der Waals surface area contributed by atoms with Gasteiger partial charge in [0.1, 0.15) is 11.5 Å². The lowest BCUT2D eigenvalue weighted by molar-refractivity contribution is -0.141. The van der Waals surface area contributed by atoms with Gasteiger partial charge in [-0.25, -0.2) is 4.79 Å². The van der Waals surface area contributed by atoms with Crippen molar-refractivity contribution in [3.63, 3.8) is 0 Å². The first kappa shape index (κ1) is 23.0. The summed E-state index contributed by atoms with van der Waals surface area (Å²) in [5.41, 5.74) is 4.49. The van der Waals surface area contributed by atoms with E-state index >= 15 is 0 Å². The summed E-state index contributed by atoms with van der Waals surface area (Å²) < 4.78 is 7.23. The Morgan fingerprint density at radius 2 is 1.97 bits per heavy atom. The highest BCUT2D eigenvalue weighted by molar-refractivity contribution is 7.15. The number of amides is 2. The second kappa shape index (κ2) is 9.44. The molecule has 2 amide bonds. The number of benzene rings is 1. The van der Waals surface area contributed by atoms with Crippen LogP contribution in [0.3, 0.4) is 0 Å². The van der Waals surface area contributed by atoms with Crippen LogP contribution in [0.15, 0.2) is 42.6 Å². The van der Waals surface area contributed by atoms with Crippen molar-refractivity contribution in [2.75, 3.05) is 26.7 Å². The zero-order chi connectivity index (χ0) is 23.8. The van der Waals surface area contributed by atoms with Crippen molar-refractivity contribution in [3.05, 3.63) is 74.9 Å². The van der Waals surface area contributed by atoms with Crippen molar-refractivity contribution in [2.45, 2.75) is 32.5 Å².